The first-order chi connectivity index (χ1) is 11.1. The van der Waals surface area contributed by atoms with Crippen molar-refractivity contribution < 1.29 is 22.6 Å². The topological polar surface area (TPSA) is 95.5 Å². The molecule has 1 amide bonds. The Balaban J connectivity index is 1.93. The van der Waals surface area contributed by atoms with Crippen LogP contribution in [-0.2, 0) is 21.2 Å². The minimum atomic E-state index is -3.42. The zero-order valence-corrected chi connectivity index (χ0v) is 14.8. The summed E-state index contributed by atoms with van der Waals surface area (Å²) < 4.78 is 28.0. The van der Waals surface area contributed by atoms with E-state index in [2.05, 4.69) is 5.32 Å². The SMILES string of the molecule is C[N+]1([O-])CCC(CNC(=O)OCc2ccccc2)(S(C)(=O)=O)CC1. The van der Waals surface area contributed by atoms with Crippen LogP contribution in [0.15, 0.2) is 30.3 Å². The van der Waals surface area contributed by atoms with E-state index in [4.69, 9.17) is 4.74 Å². The summed E-state index contributed by atoms with van der Waals surface area (Å²) in [7, 11) is -1.88. The maximum absolute atomic E-state index is 12.2. The predicted molar refractivity (Wildman–Crippen MR) is 90.7 cm³/mol. The number of carbonyl (C=O) groups excluding carboxylic acids is 1. The van der Waals surface area contributed by atoms with Gasteiger partial charge in [-0.1, -0.05) is 30.3 Å². The number of likely N-dealkylation sites (tertiary alicyclic amines) is 1. The number of hydrogen-bond donors (Lipinski definition) is 1. The zero-order valence-electron chi connectivity index (χ0n) is 14.0. The quantitative estimate of drug-likeness (QED) is 0.636. The van der Waals surface area contributed by atoms with Crippen molar-refractivity contribution in [2.75, 3.05) is 32.9 Å². The van der Waals surface area contributed by atoms with Gasteiger partial charge in [-0.25, -0.2) is 13.2 Å². The van der Waals surface area contributed by atoms with Gasteiger partial charge in [0.2, 0.25) is 0 Å². The molecule has 1 aliphatic rings. The molecule has 1 heterocycles. The van der Waals surface area contributed by atoms with Crippen molar-refractivity contribution in [3.63, 3.8) is 0 Å². The molecule has 0 aliphatic carbocycles. The van der Waals surface area contributed by atoms with Gasteiger partial charge in [-0.3, -0.25) is 0 Å². The van der Waals surface area contributed by atoms with Crippen molar-refractivity contribution in [3.05, 3.63) is 41.1 Å². The summed E-state index contributed by atoms with van der Waals surface area (Å²) in [5.41, 5.74) is 0.850. The molecule has 0 saturated carbocycles. The zero-order chi connectivity index (χ0) is 17.8. The standard InChI is InChI=1S/C16H24N2O5S/c1-18(20)10-8-16(9-11-18,24(2,21)22)13-17-15(19)23-12-14-6-4-3-5-7-14/h3-7H,8-13H2,1-2H3,(H,17,19). The Morgan fingerprint density at radius 1 is 1.29 bits per heavy atom. The first-order valence-electron chi connectivity index (χ1n) is 7.83. The van der Waals surface area contributed by atoms with Crippen molar-refractivity contribution in [2.24, 2.45) is 0 Å². The highest BCUT2D eigenvalue weighted by Crippen LogP contribution is 2.31. The Morgan fingerprint density at radius 2 is 1.88 bits per heavy atom. The average Bonchev–Trinajstić information content (AvgIpc) is 2.52. The first kappa shape index (κ1) is 18.7. The lowest BCUT2D eigenvalue weighted by Crippen LogP contribution is -2.58. The molecule has 0 spiro atoms. The Labute approximate surface area is 142 Å². The smallest absolute Gasteiger partial charge is 0.407 e. The van der Waals surface area contributed by atoms with Crippen LogP contribution >= 0.6 is 0 Å². The van der Waals surface area contributed by atoms with Crippen LogP contribution < -0.4 is 5.32 Å². The van der Waals surface area contributed by atoms with Gasteiger partial charge in [0.15, 0.2) is 9.84 Å². The minimum Gasteiger partial charge on any atom is -0.633 e. The number of ether oxygens (including phenoxy) is 1. The second-order valence-corrected chi connectivity index (χ2v) is 9.02. The summed E-state index contributed by atoms with van der Waals surface area (Å²) in [5, 5.41) is 14.5. The van der Waals surface area contributed by atoms with E-state index in [1.54, 1.807) is 0 Å². The van der Waals surface area contributed by atoms with Gasteiger partial charge < -0.3 is 19.9 Å². The average molecular weight is 356 g/mol. The van der Waals surface area contributed by atoms with Crippen LogP contribution in [0.25, 0.3) is 0 Å². The maximum Gasteiger partial charge on any atom is 0.407 e. The van der Waals surface area contributed by atoms with Crippen LogP contribution in [0.2, 0.25) is 0 Å². The van der Waals surface area contributed by atoms with Gasteiger partial charge in [0.05, 0.1) is 20.1 Å². The fourth-order valence-corrected chi connectivity index (χ4v) is 4.06. The van der Waals surface area contributed by atoms with Crippen molar-refractivity contribution >= 4 is 15.9 Å². The van der Waals surface area contributed by atoms with Crippen molar-refractivity contribution in [1.82, 2.24) is 5.32 Å². The van der Waals surface area contributed by atoms with Crippen molar-refractivity contribution in [3.8, 4) is 0 Å². The molecule has 1 fully saturated rings. The molecule has 8 heteroatoms. The number of sulfone groups is 1. The summed E-state index contributed by atoms with van der Waals surface area (Å²) >= 11 is 0. The molecule has 1 aliphatic heterocycles. The Morgan fingerprint density at radius 3 is 2.42 bits per heavy atom. The van der Waals surface area contributed by atoms with Gasteiger partial charge in [-0.2, -0.15) is 0 Å². The van der Waals surface area contributed by atoms with E-state index in [1.165, 1.54) is 7.05 Å². The van der Waals surface area contributed by atoms with Crippen LogP contribution in [0.1, 0.15) is 18.4 Å². The van der Waals surface area contributed by atoms with Crippen molar-refractivity contribution in [2.45, 2.75) is 24.2 Å². The molecular weight excluding hydrogens is 332 g/mol. The van der Waals surface area contributed by atoms with Crippen molar-refractivity contribution in [1.29, 1.82) is 0 Å². The molecule has 0 bridgehead atoms. The molecule has 1 aromatic rings. The lowest BCUT2D eigenvalue weighted by atomic mass is 9.95. The number of nitrogens with zero attached hydrogens (tertiary/aromatic N) is 1. The van der Waals surface area contributed by atoms with Gasteiger partial charge in [-0.15, -0.1) is 0 Å². The number of benzene rings is 1. The molecular formula is C16H24N2O5S. The molecule has 24 heavy (non-hydrogen) atoms. The third kappa shape index (κ3) is 4.68. The summed E-state index contributed by atoms with van der Waals surface area (Å²) in [5.74, 6) is 0. The Kier molecular flexibility index (Phi) is 5.52. The van der Waals surface area contributed by atoms with Gasteiger partial charge in [0.25, 0.3) is 0 Å². The van der Waals surface area contributed by atoms with E-state index in [1.807, 2.05) is 30.3 Å². The number of alkyl carbamates (subject to hydrolysis) is 1. The minimum absolute atomic E-state index is 0.0422. The predicted octanol–water partition coefficient (Wildman–Crippen LogP) is 1.43. The largest absolute Gasteiger partial charge is 0.633 e. The van der Waals surface area contributed by atoms with E-state index in [9.17, 15) is 18.4 Å². The normalized spacial score (nSPS) is 27.5. The van der Waals surface area contributed by atoms with Crippen LogP contribution in [0.5, 0.6) is 0 Å². The fourth-order valence-electron chi connectivity index (χ4n) is 2.80. The Bertz CT molecular complexity index is 663. The molecule has 1 aromatic carbocycles. The highest BCUT2D eigenvalue weighted by atomic mass is 32.2. The van der Waals surface area contributed by atoms with Crippen LogP contribution in [-0.4, -0.2) is 56.8 Å². The third-order valence-electron chi connectivity index (χ3n) is 4.64. The molecule has 0 unspecified atom stereocenters. The molecule has 134 valence electrons. The molecule has 0 radical (unpaired) electrons. The number of hydroxylamine groups is 3. The molecule has 7 nitrogen and oxygen atoms in total. The van der Waals surface area contributed by atoms with Gasteiger partial charge in [0, 0.05) is 25.6 Å². The number of carbonyl (C=O) groups is 1. The second kappa shape index (κ2) is 7.08. The number of nitrogens with one attached hydrogen (secondary N) is 1. The Hall–Kier alpha value is -1.64. The van der Waals surface area contributed by atoms with E-state index < -0.39 is 25.3 Å². The lowest BCUT2D eigenvalue weighted by Gasteiger charge is -2.48. The number of hydrogen-bond acceptors (Lipinski definition) is 5. The molecule has 2 rings (SSSR count). The monoisotopic (exact) mass is 356 g/mol. The number of amides is 1. The van der Waals surface area contributed by atoms with E-state index in [0.717, 1.165) is 11.8 Å². The van der Waals surface area contributed by atoms with Crippen LogP contribution in [0.4, 0.5) is 4.79 Å². The van der Waals surface area contributed by atoms with Gasteiger partial charge in [0.1, 0.15) is 11.4 Å². The highest BCUT2D eigenvalue weighted by molar-refractivity contribution is 7.92. The first-order valence-corrected chi connectivity index (χ1v) is 9.72. The van der Waals surface area contributed by atoms with E-state index in [-0.39, 0.29) is 39.1 Å². The molecule has 0 aromatic heterocycles. The van der Waals surface area contributed by atoms with Crippen LogP contribution in [0.3, 0.4) is 0 Å². The summed E-state index contributed by atoms with van der Waals surface area (Å²) in [6, 6.07) is 9.22. The van der Waals surface area contributed by atoms with E-state index in [0.29, 0.717) is 0 Å². The molecule has 0 atom stereocenters. The molecule has 1 N–H and O–H groups in total. The van der Waals surface area contributed by atoms with E-state index >= 15 is 0 Å². The number of piperidine rings is 1. The van der Waals surface area contributed by atoms with Crippen LogP contribution in [0, 0.1) is 5.21 Å². The number of quaternary nitrogens is 1. The van der Waals surface area contributed by atoms with Gasteiger partial charge in [-0.05, 0) is 5.56 Å². The summed E-state index contributed by atoms with van der Waals surface area (Å²) in [6.45, 7) is 0.509. The molecule has 1 saturated heterocycles. The van der Waals surface area contributed by atoms with Gasteiger partial charge >= 0.3 is 6.09 Å². The third-order valence-corrected chi connectivity index (χ3v) is 6.76. The lowest BCUT2D eigenvalue weighted by molar-refractivity contribution is -0.866. The number of rotatable bonds is 5. The maximum atomic E-state index is 12.2. The second-order valence-electron chi connectivity index (χ2n) is 6.61. The summed E-state index contributed by atoms with van der Waals surface area (Å²) in [6.07, 6.45) is 0.951. The highest BCUT2D eigenvalue weighted by Gasteiger charge is 2.46. The fraction of sp³-hybridized carbons (Fsp3) is 0.562. The summed E-state index contributed by atoms with van der Waals surface area (Å²) in [4.78, 5) is 11.9.